The lowest BCUT2D eigenvalue weighted by Gasteiger charge is -2.30. The normalized spacial score (nSPS) is 34.0. The molecule has 1 nitrogen and oxygen atoms in total. The minimum atomic E-state index is 0.721. The molecule has 2 rings (SSSR count). The second-order valence-corrected chi connectivity index (χ2v) is 5.87. The van der Waals surface area contributed by atoms with Gasteiger partial charge in [-0.05, 0) is 43.4 Å². The minimum absolute atomic E-state index is 0.721. The summed E-state index contributed by atoms with van der Waals surface area (Å²) in [5, 5.41) is 3.84. The maximum absolute atomic E-state index is 3.84. The van der Waals surface area contributed by atoms with Crippen LogP contribution in [0.5, 0.6) is 0 Å². The van der Waals surface area contributed by atoms with Gasteiger partial charge in [0.25, 0.3) is 0 Å². The number of rotatable bonds is 5. The summed E-state index contributed by atoms with van der Waals surface area (Å²) >= 11 is 0. The summed E-state index contributed by atoms with van der Waals surface area (Å²) in [6.45, 7) is 6.00. The molecule has 88 valence electrons. The topological polar surface area (TPSA) is 12.0 Å². The molecule has 15 heavy (non-hydrogen) atoms. The van der Waals surface area contributed by atoms with Gasteiger partial charge in [0.1, 0.15) is 0 Å². The summed E-state index contributed by atoms with van der Waals surface area (Å²) in [6, 6.07) is 0.840. The molecule has 0 aromatic heterocycles. The van der Waals surface area contributed by atoms with Crippen LogP contribution in [-0.2, 0) is 0 Å². The van der Waals surface area contributed by atoms with Gasteiger partial charge in [0.05, 0.1) is 0 Å². The van der Waals surface area contributed by atoms with Crippen molar-refractivity contribution in [2.24, 2.45) is 11.3 Å². The van der Waals surface area contributed by atoms with Gasteiger partial charge in [-0.2, -0.15) is 0 Å². The highest BCUT2D eigenvalue weighted by Gasteiger charge is 2.40. The molecule has 2 aliphatic rings. The van der Waals surface area contributed by atoms with Gasteiger partial charge in [-0.25, -0.2) is 0 Å². The Morgan fingerprint density at radius 3 is 2.60 bits per heavy atom. The van der Waals surface area contributed by atoms with Crippen LogP contribution >= 0.6 is 0 Å². The fraction of sp³-hybridized carbons (Fsp3) is 1.00. The first-order valence-corrected chi connectivity index (χ1v) is 7.01. The van der Waals surface area contributed by atoms with Crippen molar-refractivity contribution in [2.75, 3.05) is 6.54 Å². The summed E-state index contributed by atoms with van der Waals surface area (Å²) in [5.74, 6) is 1.01. The van der Waals surface area contributed by atoms with Crippen molar-refractivity contribution in [3.63, 3.8) is 0 Å². The highest BCUT2D eigenvalue weighted by molar-refractivity contribution is 4.94. The average Bonchev–Trinajstić information content (AvgIpc) is 3.07. The fourth-order valence-electron chi connectivity index (χ4n) is 3.04. The van der Waals surface area contributed by atoms with Crippen molar-refractivity contribution in [1.82, 2.24) is 5.32 Å². The van der Waals surface area contributed by atoms with Gasteiger partial charge < -0.3 is 5.32 Å². The van der Waals surface area contributed by atoms with Crippen LogP contribution in [0.3, 0.4) is 0 Å². The molecule has 0 amide bonds. The zero-order valence-corrected chi connectivity index (χ0v) is 10.5. The molecule has 1 N–H and O–H groups in total. The van der Waals surface area contributed by atoms with Gasteiger partial charge >= 0.3 is 0 Å². The molecule has 0 spiro atoms. The quantitative estimate of drug-likeness (QED) is 0.727. The van der Waals surface area contributed by atoms with Crippen LogP contribution in [-0.4, -0.2) is 12.6 Å². The summed E-state index contributed by atoms with van der Waals surface area (Å²) in [5.41, 5.74) is 0.721. The lowest BCUT2D eigenvalue weighted by Crippen LogP contribution is -2.37. The largest absolute Gasteiger partial charge is 0.313 e. The van der Waals surface area contributed by atoms with Crippen molar-refractivity contribution >= 4 is 0 Å². The first kappa shape index (κ1) is 11.4. The molecule has 2 aliphatic carbocycles. The van der Waals surface area contributed by atoms with E-state index < -0.39 is 0 Å². The zero-order chi connectivity index (χ0) is 10.7. The molecule has 0 bridgehead atoms. The standard InChI is InChI=1S/C14H27N/c1-3-12-6-5-7-13(10-12)15-11-14(4-2)8-9-14/h12-13,15H,3-11H2,1-2H3. The summed E-state index contributed by atoms with van der Waals surface area (Å²) < 4.78 is 0. The van der Waals surface area contributed by atoms with E-state index in [0.29, 0.717) is 0 Å². The molecule has 0 aromatic carbocycles. The lowest BCUT2D eigenvalue weighted by atomic mass is 9.84. The summed E-state index contributed by atoms with van der Waals surface area (Å²) in [7, 11) is 0. The molecule has 2 atom stereocenters. The Labute approximate surface area is 95.0 Å². The Balaban J connectivity index is 1.70. The van der Waals surface area contributed by atoms with E-state index in [1.54, 1.807) is 0 Å². The SMILES string of the molecule is CCC1CCCC(NCC2(CC)CC2)C1. The molecule has 0 aliphatic heterocycles. The van der Waals surface area contributed by atoms with Crippen LogP contribution in [0.2, 0.25) is 0 Å². The maximum atomic E-state index is 3.84. The molecule has 2 saturated carbocycles. The number of hydrogen-bond donors (Lipinski definition) is 1. The summed E-state index contributed by atoms with van der Waals surface area (Å²) in [4.78, 5) is 0. The van der Waals surface area contributed by atoms with Gasteiger partial charge in [-0.15, -0.1) is 0 Å². The summed E-state index contributed by atoms with van der Waals surface area (Å²) in [6.07, 6.45) is 11.5. The first-order chi connectivity index (χ1) is 7.28. The van der Waals surface area contributed by atoms with E-state index in [2.05, 4.69) is 19.2 Å². The van der Waals surface area contributed by atoms with E-state index in [9.17, 15) is 0 Å². The Morgan fingerprint density at radius 2 is 2.00 bits per heavy atom. The van der Waals surface area contributed by atoms with E-state index in [4.69, 9.17) is 0 Å². The first-order valence-electron chi connectivity index (χ1n) is 7.01. The number of hydrogen-bond acceptors (Lipinski definition) is 1. The van der Waals surface area contributed by atoms with Gasteiger partial charge in [0.2, 0.25) is 0 Å². The molecule has 0 heterocycles. The number of nitrogens with one attached hydrogen (secondary N) is 1. The highest BCUT2D eigenvalue weighted by Crippen LogP contribution is 2.48. The smallest absolute Gasteiger partial charge is 0.00699 e. The molecule has 0 saturated heterocycles. The van der Waals surface area contributed by atoms with Crippen LogP contribution in [0, 0.1) is 11.3 Å². The van der Waals surface area contributed by atoms with E-state index >= 15 is 0 Å². The third kappa shape index (κ3) is 2.96. The Bertz CT molecular complexity index is 196. The third-order valence-corrected chi connectivity index (χ3v) is 4.83. The van der Waals surface area contributed by atoms with Gasteiger partial charge in [0, 0.05) is 12.6 Å². The molecule has 0 radical (unpaired) electrons. The zero-order valence-electron chi connectivity index (χ0n) is 10.5. The minimum Gasteiger partial charge on any atom is -0.313 e. The maximum Gasteiger partial charge on any atom is 0.00699 e. The monoisotopic (exact) mass is 209 g/mol. The van der Waals surface area contributed by atoms with Crippen LogP contribution in [0.4, 0.5) is 0 Å². The van der Waals surface area contributed by atoms with Gasteiger partial charge in [-0.3, -0.25) is 0 Å². The predicted molar refractivity (Wildman–Crippen MR) is 66.0 cm³/mol. The molecule has 0 aromatic rings. The van der Waals surface area contributed by atoms with Crippen LogP contribution in [0.15, 0.2) is 0 Å². The van der Waals surface area contributed by atoms with E-state index in [-0.39, 0.29) is 0 Å². The molecule has 2 unspecified atom stereocenters. The van der Waals surface area contributed by atoms with Crippen LogP contribution < -0.4 is 5.32 Å². The predicted octanol–water partition coefficient (Wildman–Crippen LogP) is 3.74. The van der Waals surface area contributed by atoms with Crippen LogP contribution in [0.1, 0.15) is 65.2 Å². The van der Waals surface area contributed by atoms with Crippen molar-refractivity contribution in [3.8, 4) is 0 Å². The van der Waals surface area contributed by atoms with Crippen LogP contribution in [0.25, 0.3) is 0 Å². The Morgan fingerprint density at radius 1 is 1.20 bits per heavy atom. The fourth-order valence-corrected chi connectivity index (χ4v) is 3.04. The third-order valence-electron chi connectivity index (χ3n) is 4.83. The van der Waals surface area contributed by atoms with Crippen molar-refractivity contribution in [2.45, 2.75) is 71.3 Å². The Kier molecular flexibility index (Phi) is 3.71. The second-order valence-electron chi connectivity index (χ2n) is 5.87. The van der Waals surface area contributed by atoms with E-state index in [0.717, 1.165) is 17.4 Å². The average molecular weight is 209 g/mol. The van der Waals surface area contributed by atoms with Gasteiger partial charge in [0.15, 0.2) is 0 Å². The molecule has 2 fully saturated rings. The van der Waals surface area contributed by atoms with Crippen molar-refractivity contribution in [1.29, 1.82) is 0 Å². The van der Waals surface area contributed by atoms with Crippen molar-refractivity contribution in [3.05, 3.63) is 0 Å². The molecular weight excluding hydrogens is 182 g/mol. The Hall–Kier alpha value is -0.0400. The van der Waals surface area contributed by atoms with E-state index in [1.807, 2.05) is 0 Å². The van der Waals surface area contributed by atoms with Crippen molar-refractivity contribution < 1.29 is 0 Å². The highest BCUT2D eigenvalue weighted by atomic mass is 14.9. The molecular formula is C14H27N. The lowest BCUT2D eigenvalue weighted by molar-refractivity contribution is 0.264. The van der Waals surface area contributed by atoms with E-state index in [1.165, 1.54) is 57.9 Å². The second kappa shape index (κ2) is 4.86. The molecule has 1 heteroatoms. The van der Waals surface area contributed by atoms with Gasteiger partial charge in [-0.1, -0.05) is 33.1 Å².